The first-order valence-corrected chi connectivity index (χ1v) is 19.0. The van der Waals surface area contributed by atoms with Crippen LogP contribution >= 0.6 is 0 Å². The van der Waals surface area contributed by atoms with Gasteiger partial charge in [-0.25, -0.2) is 16.8 Å². The molecule has 0 fully saturated rings. The number of aryl methyl sites for hydroxylation is 2. The number of rotatable bonds is 10. The number of phenolic OH excluding ortho intramolecular Hbond substituents is 2. The zero-order chi connectivity index (χ0) is 40.9. The summed E-state index contributed by atoms with van der Waals surface area (Å²) >= 11 is 0. The molecule has 2 N–H and O–H groups in total. The second-order valence-electron chi connectivity index (χ2n) is 11.8. The molecule has 0 bridgehead atoms. The monoisotopic (exact) mass is 938 g/mol. The van der Waals surface area contributed by atoms with Crippen LogP contribution in [0, 0.1) is 20.2 Å². The summed E-state index contributed by atoms with van der Waals surface area (Å²) in [6.07, 6.45) is 1.06. The van der Waals surface area contributed by atoms with Gasteiger partial charge in [-0.2, -0.15) is 10.2 Å². The quantitative estimate of drug-likeness (QED) is 0.0431. The second kappa shape index (κ2) is 18.4. The number of azo groups is 2. The summed E-state index contributed by atoms with van der Waals surface area (Å²) in [6.45, 7) is 3.64. The van der Waals surface area contributed by atoms with Crippen LogP contribution in [0.2, 0.25) is 0 Å². The van der Waals surface area contributed by atoms with E-state index in [1.54, 1.807) is 60.7 Å². The number of hydrogen-bond acceptors (Lipinski definition) is 16. The van der Waals surface area contributed by atoms with E-state index < -0.39 is 51.4 Å². The normalized spacial score (nSPS) is 11.7. The van der Waals surface area contributed by atoms with Crippen LogP contribution in [0.15, 0.2) is 127 Å². The summed E-state index contributed by atoms with van der Waals surface area (Å²) in [5, 5.41) is 59.9. The predicted octanol–water partition coefficient (Wildman–Crippen LogP) is 8.29. The Bertz CT molecular complexity index is 2640. The SMILES string of the molecule is CCc1cc(N=Nc2c(O)c(S(=O)(=O)[O-])cc3ccccc23)cc([N+](=O)[O-])c1.CCc1cc(N=Nc2c(O)c(S(=O)(=O)[O-])cc3ccccc23)cc([N+](=O)[O-])c1.[Ba+2]. The average molecular weight is 938 g/mol. The molecule has 6 rings (SSSR count). The van der Waals surface area contributed by atoms with Crippen molar-refractivity contribution in [3.05, 3.63) is 128 Å². The number of non-ortho nitro benzene ring substituents is 2. The Kier molecular flexibility index (Phi) is 14.4. The molecule has 18 nitrogen and oxygen atoms in total. The molecule has 0 unspecified atom stereocenters. The number of nitro benzene ring substituents is 2. The van der Waals surface area contributed by atoms with Crippen LogP contribution in [0.5, 0.6) is 11.5 Å². The first-order valence-electron chi connectivity index (χ1n) is 16.2. The van der Waals surface area contributed by atoms with Crippen LogP contribution in [0.4, 0.5) is 34.1 Å². The average Bonchev–Trinajstić information content (AvgIpc) is 3.15. The van der Waals surface area contributed by atoms with Gasteiger partial charge in [0.15, 0.2) is 11.5 Å². The molecule has 0 radical (unpaired) electrons. The van der Waals surface area contributed by atoms with E-state index in [9.17, 15) is 56.4 Å². The van der Waals surface area contributed by atoms with Crippen LogP contribution in [0.1, 0.15) is 25.0 Å². The van der Waals surface area contributed by atoms with E-state index in [2.05, 4.69) is 20.5 Å². The minimum Gasteiger partial charge on any atom is -0.744 e. The van der Waals surface area contributed by atoms with Gasteiger partial charge in [0.05, 0.1) is 31.0 Å². The van der Waals surface area contributed by atoms with Crippen molar-refractivity contribution in [2.45, 2.75) is 36.5 Å². The molecule has 6 aromatic rings. The van der Waals surface area contributed by atoms with Crippen molar-refractivity contribution in [1.29, 1.82) is 0 Å². The standard InChI is InChI=1S/2C18H15N3O6S.Ba/c2*1-2-11-7-13(10-14(8-11)21(23)24)19-20-17-15-6-4-3-5-12(15)9-16(18(17)22)28(25,26)27;/h2*3-10,22H,2H2,1H3,(H,25,26,27);/q;;+2/p-2. The molecule has 57 heavy (non-hydrogen) atoms. The van der Waals surface area contributed by atoms with Gasteiger partial charge in [0.2, 0.25) is 0 Å². The first kappa shape index (κ1) is 44.5. The summed E-state index contributed by atoms with van der Waals surface area (Å²) in [6, 6.07) is 23.4. The fraction of sp³-hybridized carbons (Fsp3) is 0.111. The smallest absolute Gasteiger partial charge is 0.744 e. The summed E-state index contributed by atoms with van der Waals surface area (Å²) in [5.41, 5.74) is 0.877. The third-order valence-corrected chi connectivity index (χ3v) is 9.85. The van der Waals surface area contributed by atoms with Crippen molar-refractivity contribution in [3.8, 4) is 11.5 Å². The maximum absolute atomic E-state index is 11.5. The number of phenols is 2. The van der Waals surface area contributed by atoms with Gasteiger partial charge in [-0.15, -0.1) is 10.2 Å². The Morgan fingerprint density at radius 2 is 0.912 bits per heavy atom. The van der Waals surface area contributed by atoms with Crippen LogP contribution in [-0.4, -0.2) is 94.9 Å². The van der Waals surface area contributed by atoms with E-state index >= 15 is 0 Å². The zero-order valence-corrected chi connectivity index (χ0v) is 35.9. The number of nitrogens with zero attached hydrogens (tertiary/aromatic N) is 6. The van der Waals surface area contributed by atoms with Crippen molar-refractivity contribution in [2.24, 2.45) is 20.5 Å². The van der Waals surface area contributed by atoms with Crippen molar-refractivity contribution >= 4 is 125 Å². The largest absolute Gasteiger partial charge is 2.00 e. The summed E-state index contributed by atoms with van der Waals surface area (Å²) in [7, 11) is -9.90. The van der Waals surface area contributed by atoms with Crippen LogP contribution in [-0.2, 0) is 33.1 Å². The molecule has 0 aliphatic rings. The van der Waals surface area contributed by atoms with Crippen molar-refractivity contribution in [2.75, 3.05) is 0 Å². The molecule has 0 atom stereocenters. The molecular weight excluding hydrogens is 910 g/mol. The Morgan fingerprint density at radius 3 is 1.23 bits per heavy atom. The van der Waals surface area contributed by atoms with Gasteiger partial charge in [0.1, 0.15) is 31.6 Å². The first-order chi connectivity index (χ1) is 26.4. The maximum atomic E-state index is 11.5. The third-order valence-electron chi connectivity index (χ3n) is 8.15. The Hall–Kier alpha value is -5.17. The van der Waals surface area contributed by atoms with Crippen molar-refractivity contribution in [1.82, 2.24) is 0 Å². The van der Waals surface area contributed by atoms with Crippen molar-refractivity contribution < 1.29 is 46.0 Å². The topological polar surface area (TPSA) is 291 Å². The van der Waals surface area contributed by atoms with Crippen LogP contribution in [0.3, 0.4) is 0 Å². The molecule has 0 aromatic heterocycles. The minimum absolute atomic E-state index is 0. The van der Waals surface area contributed by atoms with E-state index in [1.807, 2.05) is 13.8 Å². The van der Waals surface area contributed by atoms with E-state index in [0.717, 1.165) is 12.1 Å². The molecule has 288 valence electrons. The van der Waals surface area contributed by atoms with Gasteiger partial charge in [0.25, 0.3) is 11.4 Å². The number of fused-ring (bicyclic) bond motifs is 2. The summed E-state index contributed by atoms with van der Waals surface area (Å²) < 4.78 is 68.8. The fourth-order valence-electron chi connectivity index (χ4n) is 5.43. The molecule has 0 amide bonds. The molecule has 0 heterocycles. The van der Waals surface area contributed by atoms with E-state index in [4.69, 9.17) is 0 Å². The fourth-order valence-corrected chi connectivity index (χ4v) is 6.64. The van der Waals surface area contributed by atoms with Gasteiger partial charge in [-0.05, 0) is 59.0 Å². The summed E-state index contributed by atoms with van der Waals surface area (Å²) in [4.78, 5) is 19.4. The second-order valence-corrected chi connectivity index (χ2v) is 14.5. The van der Waals surface area contributed by atoms with Gasteiger partial charge in [0, 0.05) is 35.0 Å². The van der Waals surface area contributed by atoms with Crippen molar-refractivity contribution in [3.63, 3.8) is 0 Å². The molecule has 21 heteroatoms. The molecule has 0 spiro atoms. The number of nitro groups is 2. The molecule has 0 aliphatic carbocycles. The van der Waals surface area contributed by atoms with E-state index in [0.29, 0.717) is 45.5 Å². The third kappa shape index (κ3) is 10.6. The predicted molar refractivity (Wildman–Crippen MR) is 206 cm³/mol. The van der Waals surface area contributed by atoms with Gasteiger partial charge >= 0.3 is 48.9 Å². The molecular formula is C36H28BaN6O12S2. The van der Waals surface area contributed by atoms with Gasteiger partial charge in [-0.3, -0.25) is 20.2 Å². The number of aromatic hydroxyl groups is 2. The number of hydrogen-bond donors (Lipinski definition) is 2. The van der Waals surface area contributed by atoms with Crippen LogP contribution < -0.4 is 0 Å². The molecule has 6 aromatic carbocycles. The van der Waals surface area contributed by atoms with Gasteiger partial charge in [-0.1, -0.05) is 62.4 Å². The van der Waals surface area contributed by atoms with Crippen LogP contribution in [0.25, 0.3) is 21.5 Å². The Labute approximate surface area is 364 Å². The minimum atomic E-state index is -4.95. The summed E-state index contributed by atoms with van der Waals surface area (Å²) in [5.74, 6) is -1.64. The Balaban J connectivity index is 0.000000248. The van der Waals surface area contributed by atoms with E-state index in [-0.39, 0.29) is 83.0 Å². The zero-order valence-electron chi connectivity index (χ0n) is 29.8. The maximum Gasteiger partial charge on any atom is 2.00 e. The van der Waals surface area contributed by atoms with Gasteiger partial charge < -0.3 is 19.3 Å². The molecule has 0 aliphatic heterocycles. The van der Waals surface area contributed by atoms with E-state index in [1.165, 1.54) is 24.3 Å². The molecule has 0 saturated heterocycles. The molecule has 0 saturated carbocycles. The Morgan fingerprint density at radius 1 is 0.561 bits per heavy atom. The number of benzene rings is 6.